The summed E-state index contributed by atoms with van der Waals surface area (Å²) in [7, 11) is 1.63. The third-order valence-corrected chi connectivity index (χ3v) is 2.52. The SMILES string of the molecule is CNC(=O)C(C)(C)CNCc1ccc(O)cn1. The Morgan fingerprint density at radius 1 is 1.47 bits per heavy atom. The fourth-order valence-electron chi connectivity index (χ4n) is 1.44. The summed E-state index contributed by atoms with van der Waals surface area (Å²) in [5.41, 5.74) is 0.376. The molecule has 0 atom stereocenters. The zero-order valence-electron chi connectivity index (χ0n) is 10.4. The molecule has 1 aromatic heterocycles. The van der Waals surface area contributed by atoms with Crippen LogP contribution in [0.5, 0.6) is 5.75 Å². The molecule has 0 spiro atoms. The molecule has 0 bridgehead atoms. The monoisotopic (exact) mass is 237 g/mol. The van der Waals surface area contributed by atoms with Gasteiger partial charge in [0, 0.05) is 20.1 Å². The molecular formula is C12H19N3O2. The largest absolute Gasteiger partial charge is 0.506 e. The molecule has 3 N–H and O–H groups in total. The molecule has 0 saturated heterocycles. The van der Waals surface area contributed by atoms with Crippen LogP contribution < -0.4 is 10.6 Å². The standard InChI is InChI=1S/C12H19N3O2/c1-12(2,11(17)13-3)8-14-6-9-4-5-10(16)7-15-9/h4-5,7,14,16H,6,8H2,1-3H3,(H,13,17). The van der Waals surface area contributed by atoms with Crippen molar-refractivity contribution in [2.24, 2.45) is 5.41 Å². The molecule has 17 heavy (non-hydrogen) atoms. The molecule has 0 aliphatic rings. The van der Waals surface area contributed by atoms with E-state index in [0.29, 0.717) is 13.1 Å². The van der Waals surface area contributed by atoms with Crippen LogP contribution >= 0.6 is 0 Å². The van der Waals surface area contributed by atoms with Crippen LogP contribution in [-0.2, 0) is 11.3 Å². The molecule has 1 amide bonds. The lowest BCUT2D eigenvalue weighted by molar-refractivity contribution is -0.128. The van der Waals surface area contributed by atoms with E-state index in [9.17, 15) is 4.79 Å². The van der Waals surface area contributed by atoms with Gasteiger partial charge in [-0.25, -0.2) is 0 Å². The van der Waals surface area contributed by atoms with E-state index in [1.165, 1.54) is 6.20 Å². The minimum absolute atomic E-state index is 0.00339. The molecular weight excluding hydrogens is 218 g/mol. The third kappa shape index (κ3) is 4.03. The molecule has 0 saturated carbocycles. The number of rotatable bonds is 5. The number of carbonyl (C=O) groups excluding carboxylic acids is 1. The van der Waals surface area contributed by atoms with Gasteiger partial charge in [-0.15, -0.1) is 0 Å². The maximum absolute atomic E-state index is 11.5. The van der Waals surface area contributed by atoms with E-state index in [1.54, 1.807) is 19.2 Å². The molecule has 0 radical (unpaired) electrons. The second-order valence-electron chi connectivity index (χ2n) is 4.57. The number of aromatic hydroxyl groups is 1. The summed E-state index contributed by atoms with van der Waals surface area (Å²) in [5.74, 6) is 0.156. The van der Waals surface area contributed by atoms with Crippen molar-refractivity contribution in [3.63, 3.8) is 0 Å². The zero-order valence-corrected chi connectivity index (χ0v) is 10.4. The van der Waals surface area contributed by atoms with Crippen molar-refractivity contribution >= 4 is 5.91 Å². The van der Waals surface area contributed by atoms with Crippen molar-refractivity contribution < 1.29 is 9.90 Å². The second-order valence-corrected chi connectivity index (χ2v) is 4.57. The Kier molecular flexibility index (Phi) is 4.45. The van der Waals surface area contributed by atoms with Gasteiger partial charge in [0.25, 0.3) is 0 Å². The van der Waals surface area contributed by atoms with Crippen LogP contribution in [0.15, 0.2) is 18.3 Å². The molecule has 5 heteroatoms. The Hall–Kier alpha value is -1.62. The third-order valence-electron chi connectivity index (χ3n) is 2.52. The topological polar surface area (TPSA) is 74.2 Å². The number of carbonyl (C=O) groups is 1. The van der Waals surface area contributed by atoms with E-state index in [0.717, 1.165) is 5.69 Å². The number of hydrogen-bond donors (Lipinski definition) is 3. The number of nitrogens with one attached hydrogen (secondary N) is 2. The molecule has 0 unspecified atom stereocenters. The Morgan fingerprint density at radius 2 is 2.18 bits per heavy atom. The van der Waals surface area contributed by atoms with Gasteiger partial charge < -0.3 is 15.7 Å². The predicted molar refractivity (Wildman–Crippen MR) is 65.5 cm³/mol. The zero-order chi connectivity index (χ0) is 12.9. The molecule has 1 rings (SSSR count). The van der Waals surface area contributed by atoms with E-state index in [-0.39, 0.29) is 11.7 Å². The first-order valence-electron chi connectivity index (χ1n) is 5.52. The first-order chi connectivity index (χ1) is 7.95. The van der Waals surface area contributed by atoms with Crippen molar-refractivity contribution in [3.8, 4) is 5.75 Å². The molecule has 1 aromatic rings. The number of nitrogens with zero attached hydrogens (tertiary/aromatic N) is 1. The fraction of sp³-hybridized carbons (Fsp3) is 0.500. The lowest BCUT2D eigenvalue weighted by atomic mass is 9.92. The first kappa shape index (κ1) is 13.4. The lowest BCUT2D eigenvalue weighted by Crippen LogP contribution is -2.41. The van der Waals surface area contributed by atoms with Gasteiger partial charge in [-0.05, 0) is 26.0 Å². The summed E-state index contributed by atoms with van der Waals surface area (Å²) in [6.45, 7) is 4.89. The Morgan fingerprint density at radius 3 is 2.71 bits per heavy atom. The molecule has 0 aromatic carbocycles. The average Bonchev–Trinajstić information content (AvgIpc) is 2.30. The van der Waals surface area contributed by atoms with Gasteiger partial charge in [0.1, 0.15) is 5.75 Å². The maximum atomic E-state index is 11.5. The van der Waals surface area contributed by atoms with Crippen LogP contribution in [0.1, 0.15) is 19.5 Å². The normalized spacial score (nSPS) is 11.2. The molecule has 1 heterocycles. The summed E-state index contributed by atoms with van der Waals surface area (Å²) >= 11 is 0. The van der Waals surface area contributed by atoms with Crippen molar-refractivity contribution in [1.29, 1.82) is 0 Å². The van der Waals surface area contributed by atoms with E-state index >= 15 is 0 Å². The van der Waals surface area contributed by atoms with Crippen LogP contribution in [0.3, 0.4) is 0 Å². The van der Waals surface area contributed by atoms with Gasteiger partial charge in [-0.3, -0.25) is 9.78 Å². The van der Waals surface area contributed by atoms with Gasteiger partial charge >= 0.3 is 0 Å². The van der Waals surface area contributed by atoms with Crippen molar-refractivity contribution in [3.05, 3.63) is 24.0 Å². The van der Waals surface area contributed by atoms with Crippen molar-refractivity contribution in [2.45, 2.75) is 20.4 Å². The summed E-state index contributed by atoms with van der Waals surface area (Å²) < 4.78 is 0. The van der Waals surface area contributed by atoms with Gasteiger partial charge in [0.2, 0.25) is 5.91 Å². The van der Waals surface area contributed by atoms with E-state index in [2.05, 4.69) is 15.6 Å². The maximum Gasteiger partial charge on any atom is 0.226 e. The van der Waals surface area contributed by atoms with E-state index in [1.807, 2.05) is 13.8 Å². The molecule has 0 aliphatic heterocycles. The van der Waals surface area contributed by atoms with Crippen LogP contribution in [0.25, 0.3) is 0 Å². The van der Waals surface area contributed by atoms with Gasteiger partial charge in [-0.2, -0.15) is 0 Å². The number of aromatic nitrogens is 1. The van der Waals surface area contributed by atoms with Gasteiger partial charge in [0.15, 0.2) is 0 Å². The average molecular weight is 237 g/mol. The number of hydrogen-bond acceptors (Lipinski definition) is 4. The minimum Gasteiger partial charge on any atom is -0.506 e. The van der Waals surface area contributed by atoms with E-state index < -0.39 is 5.41 Å². The quantitative estimate of drug-likeness (QED) is 0.703. The predicted octanol–water partition coefficient (Wildman–Crippen LogP) is 0.649. The van der Waals surface area contributed by atoms with Gasteiger partial charge in [-0.1, -0.05) is 0 Å². The molecule has 0 fully saturated rings. The number of amides is 1. The smallest absolute Gasteiger partial charge is 0.226 e. The van der Waals surface area contributed by atoms with Crippen LogP contribution in [-0.4, -0.2) is 29.6 Å². The highest BCUT2D eigenvalue weighted by Crippen LogP contribution is 2.13. The highest BCUT2D eigenvalue weighted by atomic mass is 16.3. The van der Waals surface area contributed by atoms with Crippen LogP contribution in [0, 0.1) is 5.41 Å². The number of pyridine rings is 1. The second kappa shape index (κ2) is 5.63. The Balaban J connectivity index is 2.42. The van der Waals surface area contributed by atoms with Crippen molar-refractivity contribution in [2.75, 3.05) is 13.6 Å². The first-order valence-corrected chi connectivity index (χ1v) is 5.52. The minimum atomic E-state index is -0.453. The summed E-state index contributed by atoms with van der Waals surface area (Å²) in [5, 5.41) is 14.9. The highest BCUT2D eigenvalue weighted by molar-refractivity contribution is 5.81. The summed E-state index contributed by atoms with van der Waals surface area (Å²) in [4.78, 5) is 15.6. The highest BCUT2D eigenvalue weighted by Gasteiger charge is 2.25. The fourth-order valence-corrected chi connectivity index (χ4v) is 1.44. The molecule has 94 valence electrons. The molecule has 5 nitrogen and oxygen atoms in total. The lowest BCUT2D eigenvalue weighted by Gasteiger charge is -2.22. The molecule has 0 aliphatic carbocycles. The van der Waals surface area contributed by atoms with Gasteiger partial charge in [0.05, 0.1) is 17.3 Å². The van der Waals surface area contributed by atoms with Crippen LogP contribution in [0.4, 0.5) is 0 Å². The summed E-state index contributed by atoms with van der Waals surface area (Å²) in [6.07, 6.45) is 1.40. The summed E-state index contributed by atoms with van der Waals surface area (Å²) in [6, 6.07) is 3.34. The van der Waals surface area contributed by atoms with E-state index in [4.69, 9.17) is 5.11 Å². The van der Waals surface area contributed by atoms with Crippen molar-refractivity contribution in [1.82, 2.24) is 15.6 Å². The van der Waals surface area contributed by atoms with Crippen LogP contribution in [0.2, 0.25) is 0 Å². The Labute approximate surface area is 101 Å². The Bertz CT molecular complexity index is 374.